The Bertz CT molecular complexity index is 339. The molecule has 14 heavy (non-hydrogen) atoms. The van der Waals surface area contributed by atoms with Gasteiger partial charge in [-0.1, -0.05) is 0 Å². The predicted octanol–water partition coefficient (Wildman–Crippen LogP) is 1.84. The molecule has 0 bridgehead atoms. The lowest BCUT2D eigenvalue weighted by Gasteiger charge is -2.05. The molecular formula is C10H13NO2S. The van der Waals surface area contributed by atoms with Crippen molar-refractivity contribution < 1.29 is 9.53 Å². The van der Waals surface area contributed by atoms with Crippen LogP contribution in [0.25, 0.3) is 0 Å². The summed E-state index contributed by atoms with van der Waals surface area (Å²) < 4.78 is 4.55. The largest absolute Gasteiger partial charge is 0.468 e. The van der Waals surface area contributed by atoms with Crippen LogP contribution in [0.5, 0.6) is 0 Å². The number of rotatable bonds is 3. The van der Waals surface area contributed by atoms with Crippen molar-refractivity contribution in [2.75, 3.05) is 18.6 Å². The molecule has 76 valence electrons. The molecule has 4 heteroatoms. The fourth-order valence-corrected chi connectivity index (χ4v) is 1.87. The zero-order chi connectivity index (χ0) is 10.6. The molecule has 0 heterocycles. The number of carbonyl (C=O) groups excluding carboxylic acids is 1. The number of methoxy groups -OCH3 is 1. The molecule has 2 N–H and O–H groups in total. The van der Waals surface area contributed by atoms with E-state index in [-0.39, 0.29) is 5.97 Å². The number of ether oxygens (including phenoxy) is 1. The minimum absolute atomic E-state index is 0.216. The maximum Gasteiger partial charge on any atom is 0.315 e. The first kappa shape index (κ1) is 10.9. The summed E-state index contributed by atoms with van der Waals surface area (Å²) in [5.74, 6) is 0.118. The first-order valence-corrected chi connectivity index (χ1v) is 5.18. The molecule has 0 saturated carbocycles. The van der Waals surface area contributed by atoms with Gasteiger partial charge in [0.2, 0.25) is 0 Å². The molecule has 0 aliphatic rings. The van der Waals surface area contributed by atoms with Crippen LogP contribution in [0.1, 0.15) is 5.56 Å². The maximum absolute atomic E-state index is 10.9. The second-order valence-electron chi connectivity index (χ2n) is 2.89. The van der Waals surface area contributed by atoms with Gasteiger partial charge < -0.3 is 10.5 Å². The number of aryl methyl sites for hydroxylation is 1. The highest BCUT2D eigenvalue weighted by molar-refractivity contribution is 8.00. The lowest BCUT2D eigenvalue weighted by atomic mass is 10.2. The molecule has 1 rings (SSSR count). The van der Waals surface area contributed by atoms with E-state index in [1.807, 2.05) is 25.1 Å². The van der Waals surface area contributed by atoms with Crippen LogP contribution in [0.2, 0.25) is 0 Å². The van der Waals surface area contributed by atoms with E-state index in [1.54, 1.807) is 0 Å². The molecule has 0 aliphatic carbocycles. The van der Waals surface area contributed by atoms with Gasteiger partial charge in [-0.3, -0.25) is 4.79 Å². The van der Waals surface area contributed by atoms with Gasteiger partial charge in [-0.25, -0.2) is 0 Å². The average Bonchev–Trinajstić information content (AvgIpc) is 2.16. The molecule has 0 atom stereocenters. The van der Waals surface area contributed by atoms with Crippen molar-refractivity contribution in [1.29, 1.82) is 0 Å². The minimum Gasteiger partial charge on any atom is -0.468 e. The highest BCUT2D eigenvalue weighted by Crippen LogP contribution is 2.23. The summed E-state index contributed by atoms with van der Waals surface area (Å²) in [6, 6.07) is 5.63. The Hall–Kier alpha value is -1.16. The fourth-order valence-electron chi connectivity index (χ4n) is 1.03. The summed E-state index contributed by atoms with van der Waals surface area (Å²) in [6.45, 7) is 1.97. The van der Waals surface area contributed by atoms with Gasteiger partial charge >= 0.3 is 5.97 Å². The molecular weight excluding hydrogens is 198 g/mol. The summed E-state index contributed by atoms with van der Waals surface area (Å²) in [5.41, 5.74) is 7.43. The normalized spacial score (nSPS) is 9.86. The topological polar surface area (TPSA) is 52.3 Å². The van der Waals surface area contributed by atoms with Crippen LogP contribution in [-0.4, -0.2) is 18.8 Å². The van der Waals surface area contributed by atoms with Crippen LogP contribution in [-0.2, 0) is 9.53 Å². The van der Waals surface area contributed by atoms with Crippen molar-refractivity contribution in [3.8, 4) is 0 Å². The first-order chi connectivity index (χ1) is 6.63. The monoisotopic (exact) mass is 211 g/mol. The second kappa shape index (κ2) is 4.91. The third-order valence-electron chi connectivity index (χ3n) is 1.77. The standard InChI is InChI=1S/C10H13NO2S/c1-7-5-8(11)3-4-9(7)14-6-10(12)13-2/h3-5H,6,11H2,1-2H3. The van der Waals surface area contributed by atoms with Crippen LogP contribution >= 0.6 is 11.8 Å². The maximum atomic E-state index is 10.9. The number of nitrogens with two attached hydrogens (primary N) is 1. The van der Waals surface area contributed by atoms with Gasteiger partial charge in [0.1, 0.15) is 0 Å². The van der Waals surface area contributed by atoms with E-state index in [1.165, 1.54) is 18.9 Å². The SMILES string of the molecule is COC(=O)CSc1ccc(N)cc1C. The summed E-state index contributed by atoms with van der Waals surface area (Å²) in [5, 5.41) is 0. The van der Waals surface area contributed by atoms with Gasteiger partial charge in [0.15, 0.2) is 0 Å². The summed E-state index contributed by atoms with van der Waals surface area (Å²) in [7, 11) is 1.39. The van der Waals surface area contributed by atoms with E-state index in [9.17, 15) is 4.79 Å². The average molecular weight is 211 g/mol. The Morgan fingerprint density at radius 2 is 2.29 bits per heavy atom. The lowest BCUT2D eigenvalue weighted by molar-refractivity contribution is -0.137. The number of nitrogen functional groups attached to an aromatic ring is 1. The smallest absolute Gasteiger partial charge is 0.315 e. The zero-order valence-electron chi connectivity index (χ0n) is 8.24. The van der Waals surface area contributed by atoms with Crippen LogP contribution in [0.15, 0.2) is 23.1 Å². The molecule has 0 radical (unpaired) electrons. The van der Waals surface area contributed by atoms with Gasteiger partial charge in [0, 0.05) is 10.6 Å². The molecule has 0 spiro atoms. The molecule has 1 aromatic carbocycles. The highest BCUT2D eigenvalue weighted by atomic mass is 32.2. The Morgan fingerprint density at radius 1 is 1.57 bits per heavy atom. The molecule has 3 nitrogen and oxygen atoms in total. The van der Waals surface area contributed by atoms with Crippen molar-refractivity contribution in [2.24, 2.45) is 0 Å². The third kappa shape index (κ3) is 2.96. The number of benzene rings is 1. The highest BCUT2D eigenvalue weighted by Gasteiger charge is 2.04. The fraction of sp³-hybridized carbons (Fsp3) is 0.300. The Labute approximate surface area is 87.6 Å². The quantitative estimate of drug-likeness (QED) is 0.471. The van der Waals surface area contributed by atoms with Crippen molar-refractivity contribution in [3.63, 3.8) is 0 Å². The number of hydrogen-bond acceptors (Lipinski definition) is 4. The van der Waals surface area contributed by atoms with E-state index >= 15 is 0 Å². The molecule has 0 aliphatic heterocycles. The van der Waals surface area contributed by atoms with Crippen LogP contribution in [0.4, 0.5) is 5.69 Å². The predicted molar refractivity (Wildman–Crippen MR) is 58.3 cm³/mol. The third-order valence-corrected chi connectivity index (χ3v) is 2.92. The summed E-state index contributed by atoms with van der Waals surface area (Å²) >= 11 is 1.46. The summed E-state index contributed by atoms with van der Waals surface area (Å²) in [4.78, 5) is 12.0. The van der Waals surface area contributed by atoms with Crippen LogP contribution < -0.4 is 5.73 Å². The zero-order valence-corrected chi connectivity index (χ0v) is 9.06. The molecule has 0 amide bonds. The van der Waals surface area contributed by atoms with Gasteiger partial charge in [-0.15, -0.1) is 11.8 Å². The van der Waals surface area contributed by atoms with Crippen molar-refractivity contribution >= 4 is 23.4 Å². The molecule has 0 fully saturated rings. The molecule has 1 aromatic rings. The minimum atomic E-state index is -0.216. The van der Waals surface area contributed by atoms with E-state index in [0.717, 1.165) is 16.1 Å². The van der Waals surface area contributed by atoms with Crippen LogP contribution in [0.3, 0.4) is 0 Å². The van der Waals surface area contributed by atoms with E-state index < -0.39 is 0 Å². The number of hydrogen-bond donors (Lipinski definition) is 1. The molecule has 0 aromatic heterocycles. The number of esters is 1. The number of anilines is 1. The van der Waals surface area contributed by atoms with Gasteiger partial charge in [0.25, 0.3) is 0 Å². The van der Waals surface area contributed by atoms with Crippen LogP contribution in [0, 0.1) is 6.92 Å². The first-order valence-electron chi connectivity index (χ1n) is 4.19. The van der Waals surface area contributed by atoms with Crippen molar-refractivity contribution in [2.45, 2.75) is 11.8 Å². The van der Waals surface area contributed by atoms with E-state index in [0.29, 0.717) is 5.75 Å². The van der Waals surface area contributed by atoms with Gasteiger partial charge in [0.05, 0.1) is 12.9 Å². The Balaban J connectivity index is 2.63. The summed E-state index contributed by atoms with van der Waals surface area (Å²) in [6.07, 6.45) is 0. The molecule has 0 unspecified atom stereocenters. The Kier molecular flexibility index (Phi) is 3.83. The number of thioether (sulfide) groups is 1. The van der Waals surface area contributed by atoms with Gasteiger partial charge in [-0.2, -0.15) is 0 Å². The lowest BCUT2D eigenvalue weighted by Crippen LogP contribution is -2.03. The van der Waals surface area contributed by atoms with E-state index in [2.05, 4.69) is 4.74 Å². The number of carbonyl (C=O) groups is 1. The van der Waals surface area contributed by atoms with Crippen molar-refractivity contribution in [3.05, 3.63) is 23.8 Å². The second-order valence-corrected chi connectivity index (χ2v) is 3.91. The van der Waals surface area contributed by atoms with E-state index in [4.69, 9.17) is 5.73 Å². The van der Waals surface area contributed by atoms with Gasteiger partial charge in [-0.05, 0) is 30.7 Å². The molecule has 0 saturated heterocycles. The van der Waals surface area contributed by atoms with Crippen molar-refractivity contribution in [1.82, 2.24) is 0 Å². The Morgan fingerprint density at radius 3 is 2.86 bits per heavy atom.